The molecule has 0 unspecified atom stereocenters. The maximum Gasteiger partial charge on any atom is 0.276 e. The summed E-state index contributed by atoms with van der Waals surface area (Å²) in [6.07, 6.45) is 0. The minimum absolute atomic E-state index is 0.0315. The van der Waals surface area contributed by atoms with E-state index < -0.39 is 34.9 Å². The van der Waals surface area contributed by atoms with Crippen molar-refractivity contribution in [2.75, 3.05) is 5.32 Å². The highest BCUT2D eigenvalue weighted by Crippen LogP contribution is 2.26. The second-order valence-electron chi connectivity index (χ2n) is 7.66. The van der Waals surface area contributed by atoms with Gasteiger partial charge in [-0.2, -0.15) is 5.10 Å². The average molecular weight is 548 g/mol. The molecule has 0 radical (unpaired) electrons. The smallest absolute Gasteiger partial charge is 0.276 e. The Hall–Kier alpha value is -3.66. The summed E-state index contributed by atoms with van der Waals surface area (Å²) in [5.74, 6) is -3.53. The van der Waals surface area contributed by atoms with E-state index in [4.69, 9.17) is 4.74 Å². The van der Waals surface area contributed by atoms with Crippen molar-refractivity contribution in [2.45, 2.75) is 20.1 Å². The molecule has 1 aromatic heterocycles. The van der Waals surface area contributed by atoms with Crippen LogP contribution in [0, 0.1) is 30.2 Å². The molecule has 0 fully saturated rings. The average Bonchev–Trinajstić information content (AvgIpc) is 3.17. The van der Waals surface area contributed by atoms with E-state index in [1.54, 1.807) is 25.1 Å². The van der Waals surface area contributed by atoms with Gasteiger partial charge in [-0.15, -0.1) is 0 Å². The highest BCUT2D eigenvalue weighted by Gasteiger charge is 2.18. The fourth-order valence-electron chi connectivity index (χ4n) is 3.34. The first-order valence-electron chi connectivity index (χ1n) is 10.4. The predicted molar refractivity (Wildman–Crippen MR) is 125 cm³/mol. The van der Waals surface area contributed by atoms with Crippen molar-refractivity contribution in [3.8, 4) is 5.75 Å². The molecule has 0 bridgehead atoms. The Morgan fingerprint density at radius 1 is 0.971 bits per heavy atom. The molecule has 0 aliphatic heterocycles. The number of carbonyl (C=O) groups excluding carboxylic acids is 1. The fourth-order valence-corrected chi connectivity index (χ4v) is 3.75. The normalized spacial score (nSPS) is 10.9. The van der Waals surface area contributed by atoms with E-state index in [2.05, 4.69) is 26.3 Å². The van der Waals surface area contributed by atoms with Crippen LogP contribution in [-0.2, 0) is 13.2 Å². The molecular weight excluding hydrogens is 530 g/mol. The van der Waals surface area contributed by atoms with Gasteiger partial charge in [0.15, 0.2) is 5.69 Å². The van der Waals surface area contributed by atoms with Crippen molar-refractivity contribution in [1.82, 2.24) is 9.78 Å². The van der Waals surface area contributed by atoms with Crippen molar-refractivity contribution >= 4 is 27.5 Å². The van der Waals surface area contributed by atoms with E-state index in [0.29, 0.717) is 17.0 Å². The van der Waals surface area contributed by atoms with Crippen LogP contribution < -0.4 is 10.1 Å². The number of hydrogen-bond donors (Lipinski definition) is 1. The number of nitrogens with one attached hydrogen (secondary N) is 1. The molecule has 1 amide bonds. The van der Waals surface area contributed by atoms with E-state index in [9.17, 15) is 22.4 Å². The number of aromatic nitrogens is 2. The van der Waals surface area contributed by atoms with Gasteiger partial charge < -0.3 is 10.1 Å². The molecule has 0 saturated carbocycles. The van der Waals surface area contributed by atoms with Gasteiger partial charge in [0, 0.05) is 27.4 Å². The largest absolute Gasteiger partial charge is 0.488 e. The zero-order valence-electron chi connectivity index (χ0n) is 18.3. The van der Waals surface area contributed by atoms with Crippen LogP contribution in [0.4, 0.5) is 23.2 Å². The minimum Gasteiger partial charge on any atom is -0.488 e. The highest BCUT2D eigenvalue weighted by atomic mass is 79.9. The third-order valence-electron chi connectivity index (χ3n) is 5.16. The Morgan fingerprint density at radius 2 is 1.71 bits per heavy atom. The number of ether oxygens (including phenoxy) is 1. The summed E-state index contributed by atoms with van der Waals surface area (Å²) >= 11 is 3.40. The number of benzene rings is 3. The van der Waals surface area contributed by atoms with E-state index in [0.717, 1.165) is 28.7 Å². The molecule has 180 valence electrons. The van der Waals surface area contributed by atoms with E-state index in [1.807, 2.05) is 0 Å². The molecule has 35 heavy (non-hydrogen) atoms. The summed E-state index contributed by atoms with van der Waals surface area (Å²) in [4.78, 5) is 12.6. The van der Waals surface area contributed by atoms with Crippen LogP contribution in [0.3, 0.4) is 0 Å². The third kappa shape index (κ3) is 5.71. The van der Waals surface area contributed by atoms with Gasteiger partial charge in [-0.05, 0) is 55.5 Å². The number of para-hydroxylation sites is 1. The van der Waals surface area contributed by atoms with Gasteiger partial charge in [0.2, 0.25) is 0 Å². The van der Waals surface area contributed by atoms with Crippen molar-refractivity contribution in [1.29, 1.82) is 0 Å². The van der Waals surface area contributed by atoms with E-state index >= 15 is 0 Å². The Kier molecular flexibility index (Phi) is 7.20. The maximum atomic E-state index is 14.0. The van der Waals surface area contributed by atoms with E-state index in [1.165, 1.54) is 22.9 Å². The lowest BCUT2D eigenvalue weighted by Crippen LogP contribution is -2.16. The lowest BCUT2D eigenvalue weighted by atomic mass is 10.2. The number of anilines is 1. The number of halogens is 5. The molecule has 5 nitrogen and oxygen atoms in total. The number of aryl methyl sites for hydroxylation is 1. The van der Waals surface area contributed by atoms with Crippen molar-refractivity contribution in [3.05, 3.63) is 111 Å². The molecule has 0 aliphatic rings. The van der Waals surface area contributed by atoms with Crippen LogP contribution >= 0.6 is 15.9 Å². The van der Waals surface area contributed by atoms with Crippen molar-refractivity contribution in [3.63, 3.8) is 0 Å². The van der Waals surface area contributed by atoms with Crippen LogP contribution in [0.5, 0.6) is 5.75 Å². The van der Waals surface area contributed by atoms with E-state index in [-0.39, 0.29) is 24.4 Å². The minimum atomic E-state index is -0.900. The topological polar surface area (TPSA) is 56.2 Å². The zero-order valence-corrected chi connectivity index (χ0v) is 19.9. The van der Waals surface area contributed by atoms with Gasteiger partial charge in [0.05, 0.1) is 6.54 Å². The van der Waals surface area contributed by atoms with Crippen LogP contribution in [-0.4, -0.2) is 15.7 Å². The second kappa shape index (κ2) is 10.3. The fraction of sp³-hybridized carbons (Fsp3) is 0.120. The molecule has 0 aliphatic carbocycles. The lowest BCUT2D eigenvalue weighted by molar-refractivity contribution is 0.102. The molecule has 1 heterocycles. The third-order valence-corrected chi connectivity index (χ3v) is 5.65. The monoisotopic (exact) mass is 547 g/mol. The van der Waals surface area contributed by atoms with Gasteiger partial charge >= 0.3 is 0 Å². The SMILES string of the molecule is Cc1cc(C(=O)Nc2c(F)cccc2F)nn1Cc1cc(Br)ccc1OCc1ccc(F)cc1F. The summed E-state index contributed by atoms with van der Waals surface area (Å²) in [7, 11) is 0. The van der Waals surface area contributed by atoms with Gasteiger partial charge in [0.25, 0.3) is 5.91 Å². The van der Waals surface area contributed by atoms with Crippen LogP contribution in [0.25, 0.3) is 0 Å². The summed E-state index contributed by atoms with van der Waals surface area (Å²) in [6.45, 7) is 1.79. The quantitative estimate of drug-likeness (QED) is 0.273. The van der Waals surface area contributed by atoms with Crippen molar-refractivity contribution < 1.29 is 27.1 Å². The summed E-state index contributed by atoms with van der Waals surface area (Å²) < 4.78 is 63.0. The zero-order chi connectivity index (χ0) is 25.1. The number of amides is 1. The molecular formula is C25H18BrF4N3O2. The summed E-state index contributed by atoms with van der Waals surface area (Å²) in [6, 6.07) is 13.2. The van der Waals surface area contributed by atoms with Gasteiger partial charge in [-0.3, -0.25) is 9.48 Å². The van der Waals surface area contributed by atoms with Crippen molar-refractivity contribution in [2.24, 2.45) is 0 Å². The molecule has 10 heteroatoms. The number of rotatable bonds is 7. The molecule has 3 aromatic carbocycles. The Bertz CT molecular complexity index is 1390. The predicted octanol–water partition coefficient (Wildman–Crippen LogP) is 6.39. The first-order chi connectivity index (χ1) is 16.7. The second-order valence-corrected chi connectivity index (χ2v) is 8.57. The molecule has 0 spiro atoms. The van der Waals surface area contributed by atoms with Gasteiger partial charge in [-0.1, -0.05) is 22.0 Å². The Labute approximate surface area is 206 Å². The first-order valence-corrected chi connectivity index (χ1v) is 11.2. The van der Waals surface area contributed by atoms with Crippen LogP contribution in [0.2, 0.25) is 0 Å². The van der Waals surface area contributed by atoms with Crippen LogP contribution in [0.15, 0.2) is 65.1 Å². The highest BCUT2D eigenvalue weighted by molar-refractivity contribution is 9.10. The molecule has 0 saturated heterocycles. The van der Waals surface area contributed by atoms with Gasteiger partial charge in [0.1, 0.15) is 41.3 Å². The number of nitrogens with zero attached hydrogens (tertiary/aromatic N) is 2. The van der Waals surface area contributed by atoms with Crippen LogP contribution in [0.1, 0.15) is 27.3 Å². The molecule has 4 rings (SSSR count). The molecule has 0 atom stereocenters. The number of hydrogen-bond acceptors (Lipinski definition) is 3. The first kappa shape index (κ1) is 24.5. The Balaban J connectivity index is 1.53. The lowest BCUT2D eigenvalue weighted by Gasteiger charge is -2.13. The maximum absolute atomic E-state index is 14.0. The molecule has 1 N–H and O–H groups in total. The standard InChI is InChI=1S/C25H18BrF4N3O2/c1-14-9-22(25(34)31-24-19(28)3-2-4-20(24)29)32-33(14)12-16-10-17(26)6-8-23(16)35-13-15-5-7-18(27)11-21(15)30/h2-11H,12-13H2,1H3,(H,31,34). The molecule has 4 aromatic rings. The number of carbonyl (C=O) groups is 1. The van der Waals surface area contributed by atoms with Gasteiger partial charge in [-0.25, -0.2) is 17.6 Å². The summed E-state index contributed by atoms with van der Waals surface area (Å²) in [5, 5.41) is 6.47. The Morgan fingerprint density at radius 3 is 2.43 bits per heavy atom. The summed E-state index contributed by atoms with van der Waals surface area (Å²) in [5.41, 5.74) is 0.881.